The Morgan fingerprint density at radius 1 is 1.67 bits per heavy atom. The van der Waals surface area contributed by atoms with Gasteiger partial charge in [0.15, 0.2) is 5.69 Å². The highest BCUT2D eigenvalue weighted by Crippen LogP contribution is 2.11. The van der Waals surface area contributed by atoms with Gasteiger partial charge in [-0.3, -0.25) is 0 Å². The molecule has 1 aromatic rings. The van der Waals surface area contributed by atoms with E-state index in [-0.39, 0.29) is 11.4 Å². The number of carbonyl (C=O) groups is 1. The highest BCUT2D eigenvalue weighted by Gasteiger charge is 2.06. The first kappa shape index (κ1) is 8.32. The smallest absolute Gasteiger partial charge is 0.356 e. The largest absolute Gasteiger partial charge is 0.464 e. The fourth-order valence-corrected chi connectivity index (χ4v) is 0.692. The van der Waals surface area contributed by atoms with Gasteiger partial charge in [0.25, 0.3) is 0 Å². The van der Waals surface area contributed by atoms with Gasteiger partial charge in [-0.15, -0.1) is 4.91 Å². The summed E-state index contributed by atoms with van der Waals surface area (Å²) in [6.07, 6.45) is 1.32. The van der Waals surface area contributed by atoms with Crippen molar-refractivity contribution in [3.05, 3.63) is 28.9 Å². The van der Waals surface area contributed by atoms with Crippen LogP contribution in [-0.2, 0) is 4.74 Å². The Kier molecular flexibility index (Phi) is 2.47. The highest BCUT2D eigenvalue weighted by atomic mass is 16.5. The average Bonchev–Trinajstić information content (AvgIpc) is 2.17. The van der Waals surface area contributed by atoms with Crippen molar-refractivity contribution in [1.29, 1.82) is 0 Å². The SMILES string of the molecule is COC(=O)c1cc(N=O)ccn1. The Hall–Kier alpha value is -1.78. The van der Waals surface area contributed by atoms with E-state index in [0.717, 1.165) is 0 Å². The quantitative estimate of drug-likeness (QED) is 0.490. The van der Waals surface area contributed by atoms with Gasteiger partial charge in [-0.1, -0.05) is 0 Å². The van der Waals surface area contributed by atoms with Gasteiger partial charge in [0.05, 0.1) is 7.11 Å². The Morgan fingerprint density at radius 2 is 2.42 bits per heavy atom. The summed E-state index contributed by atoms with van der Waals surface area (Å²) in [5, 5.41) is 2.65. The number of hydrogen-bond donors (Lipinski definition) is 0. The van der Waals surface area contributed by atoms with Crippen LogP contribution in [0.2, 0.25) is 0 Å². The maximum atomic E-state index is 10.9. The lowest BCUT2D eigenvalue weighted by molar-refractivity contribution is 0.0594. The van der Waals surface area contributed by atoms with E-state index in [1.54, 1.807) is 0 Å². The molecule has 0 unspecified atom stereocenters. The van der Waals surface area contributed by atoms with Crippen LogP contribution in [0.3, 0.4) is 0 Å². The first-order valence-corrected chi connectivity index (χ1v) is 3.15. The summed E-state index contributed by atoms with van der Waals surface area (Å²) >= 11 is 0. The Bertz CT molecular complexity index is 311. The third-order valence-electron chi connectivity index (χ3n) is 1.24. The van der Waals surface area contributed by atoms with Gasteiger partial charge in [-0.2, -0.15) is 0 Å². The molecule has 0 spiro atoms. The third-order valence-corrected chi connectivity index (χ3v) is 1.24. The van der Waals surface area contributed by atoms with Crippen LogP contribution in [-0.4, -0.2) is 18.1 Å². The zero-order valence-corrected chi connectivity index (χ0v) is 6.35. The minimum Gasteiger partial charge on any atom is -0.464 e. The molecule has 0 aromatic carbocycles. The number of carbonyl (C=O) groups excluding carboxylic acids is 1. The molecular weight excluding hydrogens is 160 g/mol. The van der Waals surface area contributed by atoms with Gasteiger partial charge in [-0.25, -0.2) is 9.78 Å². The summed E-state index contributed by atoms with van der Waals surface area (Å²) in [4.78, 5) is 24.6. The molecule has 0 N–H and O–H groups in total. The van der Waals surface area contributed by atoms with Crippen LogP contribution in [0.5, 0.6) is 0 Å². The maximum absolute atomic E-state index is 10.9. The summed E-state index contributed by atoms with van der Waals surface area (Å²) in [6.45, 7) is 0. The number of rotatable bonds is 2. The van der Waals surface area contributed by atoms with Gasteiger partial charge in [0, 0.05) is 12.3 Å². The summed E-state index contributed by atoms with van der Waals surface area (Å²) in [6, 6.07) is 2.66. The van der Waals surface area contributed by atoms with Crippen molar-refractivity contribution in [2.24, 2.45) is 5.18 Å². The van der Waals surface area contributed by atoms with Crippen LogP contribution >= 0.6 is 0 Å². The van der Waals surface area contributed by atoms with Crippen molar-refractivity contribution in [3.63, 3.8) is 0 Å². The second-order valence-corrected chi connectivity index (χ2v) is 1.98. The van der Waals surface area contributed by atoms with Gasteiger partial charge in [0.2, 0.25) is 0 Å². The number of hydrogen-bond acceptors (Lipinski definition) is 5. The molecule has 0 bridgehead atoms. The van der Waals surface area contributed by atoms with Gasteiger partial charge >= 0.3 is 5.97 Å². The molecule has 0 aliphatic rings. The molecule has 0 aliphatic heterocycles. The molecule has 0 aliphatic carbocycles. The molecule has 0 radical (unpaired) electrons. The van der Waals surface area contributed by atoms with Crippen LogP contribution < -0.4 is 0 Å². The number of pyridine rings is 1. The summed E-state index contributed by atoms with van der Waals surface area (Å²) in [5.41, 5.74) is 0.236. The topological polar surface area (TPSA) is 68.6 Å². The van der Waals surface area contributed by atoms with Crippen molar-refractivity contribution in [1.82, 2.24) is 4.98 Å². The second kappa shape index (κ2) is 3.56. The van der Waals surface area contributed by atoms with Gasteiger partial charge in [-0.05, 0) is 11.2 Å². The predicted octanol–water partition coefficient (Wildman–Crippen LogP) is 1.27. The number of aromatic nitrogens is 1. The summed E-state index contributed by atoms with van der Waals surface area (Å²) in [7, 11) is 1.24. The zero-order valence-electron chi connectivity index (χ0n) is 6.35. The zero-order chi connectivity index (χ0) is 8.97. The van der Waals surface area contributed by atoms with Crippen molar-refractivity contribution in [2.45, 2.75) is 0 Å². The first-order chi connectivity index (χ1) is 5.77. The number of methoxy groups -OCH3 is 1. The lowest BCUT2D eigenvalue weighted by Gasteiger charge is -1.96. The monoisotopic (exact) mass is 166 g/mol. The maximum Gasteiger partial charge on any atom is 0.356 e. The van der Waals surface area contributed by atoms with E-state index in [2.05, 4.69) is 14.9 Å². The molecule has 0 atom stereocenters. The molecule has 12 heavy (non-hydrogen) atoms. The Labute approximate surface area is 68.4 Å². The van der Waals surface area contributed by atoms with Crippen LogP contribution in [0.4, 0.5) is 5.69 Å². The second-order valence-electron chi connectivity index (χ2n) is 1.98. The van der Waals surface area contributed by atoms with E-state index in [1.165, 1.54) is 25.4 Å². The van der Waals surface area contributed by atoms with E-state index in [0.29, 0.717) is 0 Å². The lowest BCUT2D eigenvalue weighted by Crippen LogP contribution is -2.02. The molecule has 5 nitrogen and oxygen atoms in total. The molecule has 5 heteroatoms. The minimum atomic E-state index is -0.583. The molecule has 0 amide bonds. The van der Waals surface area contributed by atoms with Crippen molar-refractivity contribution >= 4 is 11.7 Å². The summed E-state index contributed by atoms with van der Waals surface area (Å²) in [5.74, 6) is -0.583. The standard InChI is InChI=1S/C7H6N2O3/c1-12-7(10)6-4-5(9-11)2-3-8-6/h2-4H,1H3. The van der Waals surface area contributed by atoms with Crippen molar-refractivity contribution < 1.29 is 9.53 Å². The van der Waals surface area contributed by atoms with Crippen LogP contribution in [0.15, 0.2) is 23.5 Å². The van der Waals surface area contributed by atoms with Crippen LogP contribution in [0.25, 0.3) is 0 Å². The Balaban J connectivity index is 3.01. The molecule has 0 saturated heterocycles. The first-order valence-electron chi connectivity index (χ1n) is 3.15. The van der Waals surface area contributed by atoms with E-state index in [4.69, 9.17) is 0 Å². The molecular formula is C7H6N2O3. The van der Waals surface area contributed by atoms with Gasteiger partial charge < -0.3 is 4.74 Å². The number of nitroso groups, excluding NO2 is 1. The lowest BCUT2D eigenvalue weighted by atomic mass is 10.3. The number of esters is 1. The molecule has 1 rings (SSSR count). The predicted molar refractivity (Wildman–Crippen MR) is 41.0 cm³/mol. The van der Waals surface area contributed by atoms with Crippen molar-refractivity contribution in [3.8, 4) is 0 Å². The molecule has 0 fully saturated rings. The van der Waals surface area contributed by atoms with Crippen LogP contribution in [0, 0.1) is 4.91 Å². The van der Waals surface area contributed by atoms with E-state index < -0.39 is 5.97 Å². The van der Waals surface area contributed by atoms with E-state index in [1.807, 2.05) is 0 Å². The third kappa shape index (κ3) is 1.63. The summed E-state index contributed by atoms with van der Waals surface area (Å²) < 4.78 is 4.39. The fraction of sp³-hybridized carbons (Fsp3) is 0.143. The molecule has 62 valence electrons. The molecule has 0 saturated carbocycles. The number of ether oxygens (including phenoxy) is 1. The average molecular weight is 166 g/mol. The van der Waals surface area contributed by atoms with Crippen molar-refractivity contribution in [2.75, 3.05) is 7.11 Å². The minimum absolute atomic E-state index is 0.0783. The number of nitrogens with zero attached hydrogens (tertiary/aromatic N) is 2. The fourth-order valence-electron chi connectivity index (χ4n) is 0.692. The normalized spacial score (nSPS) is 9.08. The highest BCUT2D eigenvalue weighted by molar-refractivity contribution is 5.87. The van der Waals surface area contributed by atoms with E-state index >= 15 is 0 Å². The molecule has 1 aromatic heterocycles. The van der Waals surface area contributed by atoms with Gasteiger partial charge in [0.1, 0.15) is 5.69 Å². The van der Waals surface area contributed by atoms with E-state index in [9.17, 15) is 9.70 Å². The van der Waals surface area contributed by atoms with Crippen LogP contribution in [0.1, 0.15) is 10.5 Å². The molecule has 1 heterocycles. The Morgan fingerprint density at radius 3 is 3.00 bits per heavy atom.